The fraction of sp³-hybridized carbons (Fsp3) is 0.800. The van der Waals surface area contributed by atoms with Crippen LogP contribution < -0.4 is 0 Å². The average Bonchev–Trinajstić information content (AvgIpc) is 2.41. The van der Waals surface area contributed by atoms with Crippen molar-refractivity contribution in [1.82, 2.24) is 0 Å². The minimum absolute atomic E-state index is 0.234. The molecule has 0 saturated heterocycles. The number of hydrogen-bond donors (Lipinski definition) is 0. The first-order valence-corrected chi connectivity index (χ1v) is 7.60. The minimum Gasteiger partial charge on any atom is -0.245 e. The standard InChI is InChI=1S/C15H22FNS/c16-14-10-13(8-9-15(14)17-11-18)7-6-12-4-2-1-3-5-12/h6-7,12-15H,1-5,8-10H2. The molecule has 0 aromatic carbocycles. The van der Waals surface area contributed by atoms with Crippen molar-refractivity contribution >= 4 is 17.4 Å². The van der Waals surface area contributed by atoms with Crippen LogP contribution in [0.4, 0.5) is 4.39 Å². The topological polar surface area (TPSA) is 12.4 Å². The van der Waals surface area contributed by atoms with Crippen LogP contribution in [0.25, 0.3) is 0 Å². The lowest BCUT2D eigenvalue weighted by molar-refractivity contribution is 0.192. The van der Waals surface area contributed by atoms with Gasteiger partial charge in [0.25, 0.3) is 0 Å². The molecule has 0 aromatic heterocycles. The van der Waals surface area contributed by atoms with E-state index in [0.717, 1.165) is 18.8 Å². The van der Waals surface area contributed by atoms with Crippen LogP contribution in [0.15, 0.2) is 17.1 Å². The monoisotopic (exact) mass is 267 g/mol. The van der Waals surface area contributed by atoms with E-state index in [-0.39, 0.29) is 6.04 Å². The van der Waals surface area contributed by atoms with Crippen molar-refractivity contribution in [3.63, 3.8) is 0 Å². The summed E-state index contributed by atoms with van der Waals surface area (Å²) in [7, 11) is 0. The second-order valence-corrected chi connectivity index (χ2v) is 5.84. The first kappa shape index (κ1) is 13.9. The summed E-state index contributed by atoms with van der Waals surface area (Å²) >= 11 is 4.55. The van der Waals surface area contributed by atoms with E-state index in [9.17, 15) is 4.39 Å². The molecule has 1 nitrogen and oxygen atoms in total. The Balaban J connectivity index is 1.80. The van der Waals surface area contributed by atoms with E-state index in [1.54, 1.807) is 0 Å². The van der Waals surface area contributed by atoms with Gasteiger partial charge in [-0.1, -0.05) is 31.4 Å². The normalized spacial score (nSPS) is 34.4. The molecule has 3 unspecified atom stereocenters. The van der Waals surface area contributed by atoms with E-state index in [0.29, 0.717) is 12.3 Å². The van der Waals surface area contributed by atoms with Crippen LogP contribution in [-0.4, -0.2) is 17.4 Å². The lowest BCUT2D eigenvalue weighted by Crippen LogP contribution is -2.28. The summed E-state index contributed by atoms with van der Waals surface area (Å²) in [4.78, 5) is 3.91. The quantitative estimate of drug-likeness (QED) is 0.409. The van der Waals surface area contributed by atoms with Gasteiger partial charge in [-0.3, -0.25) is 0 Å². The predicted molar refractivity (Wildman–Crippen MR) is 76.8 cm³/mol. The maximum Gasteiger partial charge on any atom is 0.124 e. The third-order valence-corrected chi connectivity index (χ3v) is 4.41. The average molecular weight is 267 g/mol. The van der Waals surface area contributed by atoms with Crippen molar-refractivity contribution in [3.8, 4) is 0 Å². The first-order valence-electron chi connectivity index (χ1n) is 7.19. The lowest BCUT2D eigenvalue weighted by atomic mass is 9.82. The third-order valence-electron chi connectivity index (χ3n) is 4.30. The Bertz CT molecular complexity index is 329. The van der Waals surface area contributed by atoms with Gasteiger partial charge in [-0.15, -0.1) is 0 Å². The van der Waals surface area contributed by atoms with E-state index in [2.05, 4.69) is 34.5 Å². The smallest absolute Gasteiger partial charge is 0.124 e. The van der Waals surface area contributed by atoms with E-state index >= 15 is 0 Å². The van der Waals surface area contributed by atoms with Crippen LogP contribution in [0.2, 0.25) is 0 Å². The summed E-state index contributed by atoms with van der Waals surface area (Å²) in [5.41, 5.74) is 0. The van der Waals surface area contributed by atoms with Crippen molar-refractivity contribution in [2.75, 3.05) is 0 Å². The summed E-state index contributed by atoms with van der Waals surface area (Å²) in [6.45, 7) is 0. The third kappa shape index (κ3) is 4.00. The molecule has 0 spiro atoms. The molecule has 2 aliphatic carbocycles. The summed E-state index contributed by atoms with van der Waals surface area (Å²) < 4.78 is 13.8. The molecule has 3 heteroatoms. The Kier molecular flexibility index (Phi) is 5.52. The largest absolute Gasteiger partial charge is 0.245 e. The molecule has 0 radical (unpaired) electrons. The second kappa shape index (κ2) is 7.16. The maximum atomic E-state index is 13.8. The summed E-state index contributed by atoms with van der Waals surface area (Å²) in [6, 6.07) is -0.234. The number of rotatable bonds is 3. The number of thiocarbonyl (C=S) groups is 1. The molecule has 0 aliphatic heterocycles. The molecular formula is C15H22FNS. The van der Waals surface area contributed by atoms with Gasteiger partial charge in [-0.25, -0.2) is 9.38 Å². The summed E-state index contributed by atoms with van der Waals surface area (Å²) in [5, 5.41) is 2.32. The van der Waals surface area contributed by atoms with Crippen molar-refractivity contribution in [3.05, 3.63) is 12.2 Å². The molecule has 100 valence electrons. The van der Waals surface area contributed by atoms with Crippen molar-refractivity contribution < 1.29 is 4.39 Å². The number of isothiocyanates is 1. The van der Waals surface area contributed by atoms with Gasteiger partial charge in [0.15, 0.2) is 0 Å². The number of nitrogens with zero attached hydrogens (tertiary/aromatic N) is 1. The van der Waals surface area contributed by atoms with Gasteiger partial charge in [0.1, 0.15) is 6.17 Å². The van der Waals surface area contributed by atoms with Gasteiger partial charge in [0, 0.05) is 0 Å². The second-order valence-electron chi connectivity index (χ2n) is 5.66. The number of alkyl halides is 1. The van der Waals surface area contributed by atoms with Gasteiger partial charge in [0.05, 0.1) is 11.2 Å². The van der Waals surface area contributed by atoms with Gasteiger partial charge in [-0.05, 0) is 56.2 Å². The number of aliphatic imine (C=N–C) groups is 1. The van der Waals surface area contributed by atoms with E-state index in [1.165, 1.54) is 32.1 Å². The van der Waals surface area contributed by atoms with Crippen LogP contribution in [0, 0.1) is 11.8 Å². The Labute approximate surface area is 115 Å². The van der Waals surface area contributed by atoms with Gasteiger partial charge < -0.3 is 0 Å². The lowest BCUT2D eigenvalue weighted by Gasteiger charge is -2.27. The summed E-state index contributed by atoms with van der Waals surface area (Å²) in [5.74, 6) is 1.15. The highest BCUT2D eigenvalue weighted by atomic mass is 32.1. The molecule has 2 saturated carbocycles. The molecule has 2 rings (SSSR count). The minimum atomic E-state index is -0.838. The fourth-order valence-corrected chi connectivity index (χ4v) is 3.29. The molecule has 0 N–H and O–H groups in total. The Morgan fingerprint density at radius 2 is 1.72 bits per heavy atom. The maximum absolute atomic E-state index is 13.8. The molecule has 2 aliphatic rings. The molecule has 2 fully saturated rings. The highest BCUT2D eigenvalue weighted by Gasteiger charge is 2.29. The van der Waals surface area contributed by atoms with E-state index in [4.69, 9.17) is 0 Å². The first-order chi connectivity index (χ1) is 8.79. The van der Waals surface area contributed by atoms with Crippen LogP contribution in [0.5, 0.6) is 0 Å². The molecule has 18 heavy (non-hydrogen) atoms. The van der Waals surface area contributed by atoms with Crippen molar-refractivity contribution in [2.24, 2.45) is 16.8 Å². The SMILES string of the molecule is FC1CC(C=CC2CCCCC2)CCC1N=C=S. The van der Waals surface area contributed by atoms with Crippen LogP contribution >= 0.6 is 12.2 Å². The van der Waals surface area contributed by atoms with E-state index in [1.807, 2.05) is 0 Å². The Morgan fingerprint density at radius 3 is 2.39 bits per heavy atom. The predicted octanol–water partition coefficient (Wildman–Crippen LogP) is 4.73. The zero-order valence-corrected chi connectivity index (χ0v) is 11.7. The van der Waals surface area contributed by atoms with Gasteiger partial charge in [-0.2, -0.15) is 0 Å². The zero-order chi connectivity index (χ0) is 12.8. The number of halogens is 1. The molecule has 0 amide bonds. The molecule has 3 atom stereocenters. The molecule has 0 aromatic rings. The van der Waals surface area contributed by atoms with E-state index < -0.39 is 6.17 Å². The summed E-state index contributed by atoms with van der Waals surface area (Å²) in [6.07, 6.45) is 13.0. The van der Waals surface area contributed by atoms with Crippen molar-refractivity contribution in [2.45, 2.75) is 63.6 Å². The fourth-order valence-electron chi connectivity index (χ4n) is 3.16. The molecule has 0 heterocycles. The molecule has 0 bridgehead atoms. The Hall–Kier alpha value is -0.530. The number of allylic oxidation sites excluding steroid dienone is 2. The number of hydrogen-bond acceptors (Lipinski definition) is 2. The Morgan fingerprint density at radius 1 is 1.00 bits per heavy atom. The van der Waals surface area contributed by atoms with Crippen molar-refractivity contribution in [1.29, 1.82) is 0 Å². The van der Waals surface area contributed by atoms with Gasteiger partial charge in [0.2, 0.25) is 0 Å². The van der Waals surface area contributed by atoms with Crippen LogP contribution in [-0.2, 0) is 0 Å². The van der Waals surface area contributed by atoms with Gasteiger partial charge >= 0.3 is 0 Å². The zero-order valence-electron chi connectivity index (χ0n) is 10.9. The molecular weight excluding hydrogens is 245 g/mol. The van der Waals surface area contributed by atoms with Crippen LogP contribution in [0.1, 0.15) is 51.4 Å². The van der Waals surface area contributed by atoms with Crippen LogP contribution in [0.3, 0.4) is 0 Å². The highest BCUT2D eigenvalue weighted by molar-refractivity contribution is 7.78. The highest BCUT2D eigenvalue weighted by Crippen LogP contribution is 2.31.